The van der Waals surface area contributed by atoms with E-state index in [0.717, 1.165) is 63.9 Å². The van der Waals surface area contributed by atoms with Gasteiger partial charge in [-0.05, 0) is 49.5 Å². The molecule has 9 nitrogen and oxygen atoms in total. The Hall–Kier alpha value is -2.50. The number of benzene rings is 2. The van der Waals surface area contributed by atoms with E-state index in [4.69, 9.17) is 60.6 Å². The molecule has 2 aromatic carbocycles. The van der Waals surface area contributed by atoms with E-state index in [-0.39, 0.29) is 0 Å². The Balaban J connectivity index is 0.000000197. The molecule has 0 aliphatic carbocycles. The van der Waals surface area contributed by atoms with Crippen molar-refractivity contribution in [3.05, 3.63) is 81.0 Å². The van der Waals surface area contributed by atoms with Gasteiger partial charge in [0.05, 0.1) is 44.7 Å². The van der Waals surface area contributed by atoms with Crippen LogP contribution in [-0.2, 0) is 4.74 Å². The van der Waals surface area contributed by atoms with Crippen molar-refractivity contribution in [2.45, 2.75) is 13.8 Å². The second kappa shape index (κ2) is 17.1. The molecule has 0 amide bonds. The zero-order valence-electron chi connectivity index (χ0n) is 24.3. The summed E-state index contributed by atoms with van der Waals surface area (Å²) in [4.78, 5) is 4.62. The zero-order valence-corrected chi connectivity index (χ0v) is 27.3. The lowest BCUT2D eigenvalue weighted by molar-refractivity contribution is 0.0320. The van der Waals surface area contributed by atoms with Gasteiger partial charge < -0.3 is 19.1 Å². The van der Waals surface area contributed by atoms with Crippen molar-refractivity contribution in [1.82, 2.24) is 29.4 Å². The molecule has 1 fully saturated rings. The predicted molar refractivity (Wildman–Crippen MR) is 173 cm³/mol. The standard InChI is InChI=1S/C15H17Cl2N3O2.C15H19Cl2N3O/c16-13-2-1-12(11-14(13)17)20-4-3-15(18-20)22-10-7-19-5-8-21-9-6-19;1-3-19(4-2)9-10-21-15-7-8-20(18-15)12-5-6-13(16)14(17)11-12/h1-4,11H,5-10H2;5-8,11H,3-4,9-10H2,1-2H3. The lowest BCUT2D eigenvalue weighted by Gasteiger charge is -2.26. The third-order valence-corrected chi connectivity index (χ3v) is 8.26. The third-order valence-electron chi connectivity index (χ3n) is 6.78. The van der Waals surface area contributed by atoms with Gasteiger partial charge in [-0.25, -0.2) is 9.36 Å². The second-order valence-electron chi connectivity index (χ2n) is 9.57. The molecule has 2 aromatic heterocycles. The highest BCUT2D eigenvalue weighted by Gasteiger charge is 2.11. The summed E-state index contributed by atoms with van der Waals surface area (Å²) in [7, 11) is 0. The average molecular weight is 670 g/mol. The Labute approximate surface area is 272 Å². The van der Waals surface area contributed by atoms with Crippen LogP contribution in [0.25, 0.3) is 11.4 Å². The smallest absolute Gasteiger partial charge is 0.233 e. The first-order valence-electron chi connectivity index (χ1n) is 14.2. The maximum Gasteiger partial charge on any atom is 0.233 e. The summed E-state index contributed by atoms with van der Waals surface area (Å²) in [5.41, 5.74) is 1.69. The van der Waals surface area contributed by atoms with E-state index in [0.29, 0.717) is 45.1 Å². The van der Waals surface area contributed by atoms with Gasteiger partial charge >= 0.3 is 0 Å². The van der Waals surface area contributed by atoms with Crippen LogP contribution in [0.1, 0.15) is 13.8 Å². The monoisotopic (exact) mass is 668 g/mol. The summed E-state index contributed by atoms with van der Waals surface area (Å²) in [6, 6.07) is 14.4. The number of aromatic nitrogens is 4. The average Bonchev–Trinajstić information content (AvgIpc) is 3.69. The molecule has 0 unspecified atom stereocenters. The SMILES string of the molecule is CCN(CC)CCOc1ccn(-c2ccc(Cl)c(Cl)c2)n1.Clc1ccc(-n2ccc(OCCN3CCOCC3)n2)cc1Cl. The molecule has 0 N–H and O–H groups in total. The normalized spacial score (nSPS) is 13.6. The fourth-order valence-electron chi connectivity index (χ4n) is 4.23. The van der Waals surface area contributed by atoms with Crippen LogP contribution in [0.5, 0.6) is 11.8 Å². The Morgan fingerprint density at radius 1 is 0.721 bits per heavy atom. The summed E-state index contributed by atoms with van der Waals surface area (Å²) in [5.74, 6) is 1.20. The first-order chi connectivity index (χ1) is 20.9. The number of halogens is 4. The summed E-state index contributed by atoms with van der Waals surface area (Å²) in [6.07, 6.45) is 3.68. The molecule has 1 aliphatic heterocycles. The second-order valence-corrected chi connectivity index (χ2v) is 11.2. The Morgan fingerprint density at radius 2 is 1.23 bits per heavy atom. The van der Waals surface area contributed by atoms with Crippen LogP contribution in [0.15, 0.2) is 60.9 Å². The molecule has 13 heteroatoms. The van der Waals surface area contributed by atoms with E-state index in [9.17, 15) is 0 Å². The molecule has 232 valence electrons. The van der Waals surface area contributed by atoms with Crippen LogP contribution >= 0.6 is 46.4 Å². The molecule has 1 aliphatic rings. The van der Waals surface area contributed by atoms with Crippen molar-refractivity contribution in [1.29, 1.82) is 0 Å². The minimum atomic E-state index is 0.504. The Kier molecular flexibility index (Phi) is 13.3. The molecular weight excluding hydrogens is 634 g/mol. The fourth-order valence-corrected chi connectivity index (χ4v) is 4.82. The number of nitrogens with zero attached hydrogens (tertiary/aromatic N) is 6. The van der Waals surface area contributed by atoms with E-state index >= 15 is 0 Å². The van der Waals surface area contributed by atoms with Gasteiger partial charge in [0.1, 0.15) is 13.2 Å². The van der Waals surface area contributed by atoms with Crippen molar-refractivity contribution >= 4 is 46.4 Å². The molecule has 1 saturated heterocycles. The molecule has 0 saturated carbocycles. The van der Waals surface area contributed by atoms with Gasteiger partial charge in [0.25, 0.3) is 0 Å². The third kappa shape index (κ3) is 10.3. The van der Waals surface area contributed by atoms with Crippen LogP contribution < -0.4 is 9.47 Å². The molecule has 43 heavy (non-hydrogen) atoms. The van der Waals surface area contributed by atoms with Crippen LogP contribution in [0.2, 0.25) is 20.1 Å². The molecule has 3 heterocycles. The first kappa shape index (κ1) is 33.4. The van der Waals surface area contributed by atoms with E-state index in [1.165, 1.54) is 0 Å². The van der Waals surface area contributed by atoms with E-state index < -0.39 is 0 Å². The van der Waals surface area contributed by atoms with Crippen molar-refractivity contribution in [2.24, 2.45) is 0 Å². The minimum Gasteiger partial charge on any atom is -0.475 e. The number of rotatable bonds is 12. The van der Waals surface area contributed by atoms with Crippen molar-refractivity contribution < 1.29 is 14.2 Å². The highest BCUT2D eigenvalue weighted by atomic mass is 35.5. The fraction of sp³-hybridized carbons (Fsp3) is 0.400. The quantitative estimate of drug-likeness (QED) is 0.165. The molecule has 0 spiro atoms. The maximum absolute atomic E-state index is 6.02. The maximum atomic E-state index is 6.02. The summed E-state index contributed by atoms with van der Waals surface area (Å²) in [6.45, 7) is 12.9. The Morgan fingerprint density at radius 3 is 1.72 bits per heavy atom. The topological polar surface area (TPSA) is 69.8 Å². The van der Waals surface area contributed by atoms with Gasteiger partial charge in [-0.1, -0.05) is 60.3 Å². The molecule has 0 atom stereocenters. The van der Waals surface area contributed by atoms with E-state index in [2.05, 4.69) is 33.8 Å². The number of hydrogen-bond donors (Lipinski definition) is 0. The van der Waals surface area contributed by atoms with Crippen LogP contribution in [0, 0.1) is 0 Å². The van der Waals surface area contributed by atoms with Gasteiger partial charge in [-0.15, -0.1) is 10.2 Å². The van der Waals surface area contributed by atoms with E-state index in [1.807, 2.05) is 36.7 Å². The van der Waals surface area contributed by atoms with Crippen LogP contribution in [0.4, 0.5) is 0 Å². The minimum absolute atomic E-state index is 0.504. The Bertz CT molecular complexity index is 1420. The molecule has 0 bridgehead atoms. The number of hydrogen-bond acceptors (Lipinski definition) is 7. The van der Waals surface area contributed by atoms with Gasteiger partial charge in [0, 0.05) is 50.7 Å². The lowest BCUT2D eigenvalue weighted by atomic mass is 10.3. The van der Waals surface area contributed by atoms with Crippen LogP contribution in [0.3, 0.4) is 0 Å². The summed E-state index contributed by atoms with van der Waals surface area (Å²) < 4.78 is 20.1. The van der Waals surface area contributed by atoms with Crippen LogP contribution in [-0.4, -0.2) is 95.1 Å². The van der Waals surface area contributed by atoms with Gasteiger partial charge in [-0.2, -0.15) is 0 Å². The predicted octanol–water partition coefficient (Wildman–Crippen LogP) is 6.79. The lowest BCUT2D eigenvalue weighted by Crippen LogP contribution is -2.38. The van der Waals surface area contributed by atoms with Crippen molar-refractivity contribution in [3.63, 3.8) is 0 Å². The molecule has 0 radical (unpaired) electrons. The number of likely N-dealkylation sites (N-methyl/N-ethyl adjacent to an activating group) is 1. The van der Waals surface area contributed by atoms with Gasteiger partial charge in [0.2, 0.25) is 11.8 Å². The number of ether oxygens (including phenoxy) is 3. The summed E-state index contributed by atoms with van der Waals surface area (Å²) >= 11 is 23.9. The van der Waals surface area contributed by atoms with Crippen molar-refractivity contribution in [2.75, 3.05) is 65.7 Å². The zero-order chi connectivity index (χ0) is 30.6. The largest absolute Gasteiger partial charge is 0.475 e. The van der Waals surface area contributed by atoms with E-state index in [1.54, 1.807) is 33.6 Å². The molecular formula is C30H36Cl4N6O3. The molecule has 5 rings (SSSR count). The first-order valence-corrected chi connectivity index (χ1v) is 15.7. The summed E-state index contributed by atoms with van der Waals surface area (Å²) in [5, 5.41) is 10.8. The van der Waals surface area contributed by atoms with Crippen molar-refractivity contribution in [3.8, 4) is 23.1 Å². The highest BCUT2D eigenvalue weighted by Crippen LogP contribution is 2.26. The highest BCUT2D eigenvalue weighted by molar-refractivity contribution is 6.42. The van der Waals surface area contributed by atoms with Gasteiger partial charge in [-0.3, -0.25) is 4.90 Å². The van der Waals surface area contributed by atoms with Gasteiger partial charge in [0.15, 0.2) is 0 Å². The number of morpholine rings is 1. The molecule has 4 aromatic rings.